The van der Waals surface area contributed by atoms with E-state index in [2.05, 4.69) is 4.99 Å². The van der Waals surface area contributed by atoms with Crippen LogP contribution in [-0.4, -0.2) is 59.0 Å². The van der Waals surface area contributed by atoms with Gasteiger partial charge in [0.1, 0.15) is 0 Å². The molecule has 0 bridgehead atoms. The quantitative estimate of drug-likeness (QED) is 0.0244. The molecule has 0 aromatic carbocycles. The minimum Gasteiger partial charge on any atom is -0.392 e. The van der Waals surface area contributed by atoms with Crippen LogP contribution in [0.1, 0.15) is 74.7 Å². The van der Waals surface area contributed by atoms with E-state index in [4.69, 9.17) is 8.74 Å². The molecule has 0 radical (unpaired) electrons. The number of aliphatic hydroxyl groups is 2. The number of hydrogen-bond donors (Lipinski definition) is 3. The highest BCUT2D eigenvalue weighted by atomic mass is 32.3. The van der Waals surface area contributed by atoms with Gasteiger partial charge >= 0.3 is 10.4 Å². The van der Waals surface area contributed by atoms with E-state index < -0.39 is 28.7 Å². The summed E-state index contributed by atoms with van der Waals surface area (Å²) in [6.45, 7) is 14.6. The molecule has 6 unspecified atom stereocenters. The van der Waals surface area contributed by atoms with Gasteiger partial charge in [-0.3, -0.25) is 14.3 Å². The number of Topliss-reactive ketones (excluding diaryl/α,β-unsaturated/α-hetero) is 1. The molecular formula is C40H59NO7S. The minimum absolute atomic E-state index is 0.0627. The smallest absolute Gasteiger partial charge is 0.392 e. The molecule has 3 N–H and O–H groups in total. The number of rotatable bonds is 23. The maximum absolute atomic E-state index is 11.3. The number of carbonyl (C=O) groups excluding carboxylic acids is 1. The summed E-state index contributed by atoms with van der Waals surface area (Å²) in [6, 6.07) is 0.0676. The number of aliphatic imine (C=N–C) groups is 1. The number of ketones is 1. The van der Waals surface area contributed by atoms with E-state index in [-0.39, 0.29) is 36.0 Å². The molecule has 0 rings (SSSR count). The van der Waals surface area contributed by atoms with E-state index in [1.54, 1.807) is 56.4 Å². The van der Waals surface area contributed by atoms with Crippen LogP contribution in [0.25, 0.3) is 0 Å². The topological polar surface area (TPSA) is 133 Å². The van der Waals surface area contributed by atoms with E-state index in [0.717, 1.165) is 24.1 Å². The molecule has 0 spiro atoms. The van der Waals surface area contributed by atoms with E-state index in [1.165, 1.54) is 0 Å². The molecule has 49 heavy (non-hydrogen) atoms. The van der Waals surface area contributed by atoms with Crippen LogP contribution < -0.4 is 0 Å². The van der Waals surface area contributed by atoms with Crippen LogP contribution in [-0.2, 0) is 19.4 Å². The lowest BCUT2D eigenvalue weighted by Gasteiger charge is -2.25. The normalized spacial score (nSPS) is 18.3. The van der Waals surface area contributed by atoms with Crippen molar-refractivity contribution in [3.63, 3.8) is 0 Å². The molecule has 272 valence electrons. The Morgan fingerprint density at radius 2 is 1.22 bits per heavy atom. The van der Waals surface area contributed by atoms with Gasteiger partial charge in [0.15, 0.2) is 5.78 Å². The van der Waals surface area contributed by atoms with Crippen molar-refractivity contribution in [3.05, 3.63) is 121 Å². The van der Waals surface area contributed by atoms with E-state index in [0.29, 0.717) is 0 Å². The third kappa shape index (κ3) is 24.3. The SMILES string of the molecule is CC(=O)/C(C)=C/C=C/C=C/CC/C=C/C(C)C(O)C(C)C(O)/C=C/C=C/C=C/C=C/C=C/C=C/CC(OS(=O)(=O)O)C(C)C(C)=NC(C)C. The van der Waals surface area contributed by atoms with Crippen molar-refractivity contribution in [2.24, 2.45) is 22.7 Å². The van der Waals surface area contributed by atoms with Gasteiger partial charge in [-0.15, -0.1) is 0 Å². The third-order valence-electron chi connectivity index (χ3n) is 7.55. The predicted molar refractivity (Wildman–Crippen MR) is 205 cm³/mol. The molecule has 0 heterocycles. The number of aliphatic hydroxyl groups excluding tert-OH is 2. The van der Waals surface area contributed by atoms with Crippen LogP contribution in [0.15, 0.2) is 126 Å². The Morgan fingerprint density at radius 1 is 0.714 bits per heavy atom. The molecule has 0 saturated heterocycles. The number of hydrogen-bond acceptors (Lipinski definition) is 7. The molecular weight excluding hydrogens is 639 g/mol. The lowest BCUT2D eigenvalue weighted by Crippen LogP contribution is -2.32. The summed E-state index contributed by atoms with van der Waals surface area (Å²) in [5.74, 6) is -0.678. The van der Waals surface area contributed by atoms with Crippen LogP contribution in [0, 0.1) is 17.8 Å². The third-order valence-corrected chi connectivity index (χ3v) is 8.04. The van der Waals surface area contributed by atoms with Gasteiger partial charge < -0.3 is 10.2 Å². The standard InChI is InChI=1S/C40H59NO7S/c1-31(2)41-36(7)34(5)39(48-49(45,46)47)30-26-22-18-13-11-9-10-12-17-21-25-29-38(43)35(6)40(44)33(4)28-24-20-16-14-15-19-23-27-32(3)37(8)42/h9-15,17-19,21-29,31,33-35,38-40,43-44H,16,20,30H2,1-8H3,(H,45,46,47)/b11-9+,12-10+,15-14+,18-13+,21-17+,23-19+,26-22+,28-24+,29-25+,32-27+,41-36?. The van der Waals surface area contributed by atoms with E-state index in [9.17, 15) is 23.4 Å². The van der Waals surface area contributed by atoms with Crippen molar-refractivity contribution in [2.75, 3.05) is 0 Å². The second-order valence-electron chi connectivity index (χ2n) is 12.2. The number of unbranched alkanes of at least 4 members (excludes halogenated alkanes) is 1. The summed E-state index contributed by atoms with van der Waals surface area (Å²) in [5, 5.41) is 21.2. The summed E-state index contributed by atoms with van der Waals surface area (Å²) < 4.78 is 36.7. The number of nitrogens with zero attached hydrogens (tertiary/aromatic N) is 1. The maximum atomic E-state index is 11.3. The first-order chi connectivity index (χ1) is 23.1. The fourth-order valence-corrected chi connectivity index (χ4v) is 4.85. The largest absolute Gasteiger partial charge is 0.397 e. The van der Waals surface area contributed by atoms with E-state index >= 15 is 0 Å². The average Bonchev–Trinajstić information content (AvgIpc) is 3.02. The van der Waals surface area contributed by atoms with Crippen molar-refractivity contribution < 1.29 is 32.2 Å². The molecule has 0 aliphatic carbocycles. The van der Waals surface area contributed by atoms with Crippen LogP contribution in [0.4, 0.5) is 0 Å². The molecule has 6 atom stereocenters. The fraction of sp³-hybridized carbons (Fsp3) is 0.450. The first-order valence-electron chi connectivity index (χ1n) is 16.8. The zero-order chi connectivity index (χ0) is 37.2. The van der Waals surface area contributed by atoms with Crippen molar-refractivity contribution in [3.8, 4) is 0 Å². The zero-order valence-electron chi connectivity index (χ0n) is 30.5. The average molecular weight is 698 g/mol. The molecule has 0 amide bonds. The Kier molecular flexibility index (Phi) is 24.5. The van der Waals surface area contributed by atoms with Gasteiger partial charge in [-0.05, 0) is 59.5 Å². The van der Waals surface area contributed by atoms with Crippen molar-refractivity contribution in [1.29, 1.82) is 0 Å². The Morgan fingerprint density at radius 3 is 1.78 bits per heavy atom. The van der Waals surface area contributed by atoms with Crippen molar-refractivity contribution in [1.82, 2.24) is 0 Å². The van der Waals surface area contributed by atoms with Gasteiger partial charge in [0.2, 0.25) is 0 Å². The van der Waals surface area contributed by atoms with Gasteiger partial charge in [-0.2, -0.15) is 8.42 Å². The lowest BCUT2D eigenvalue weighted by molar-refractivity contribution is -0.113. The van der Waals surface area contributed by atoms with Crippen molar-refractivity contribution >= 4 is 21.9 Å². The second-order valence-corrected chi connectivity index (χ2v) is 13.3. The highest BCUT2D eigenvalue weighted by molar-refractivity contribution is 7.80. The molecule has 0 fully saturated rings. The van der Waals surface area contributed by atoms with Crippen LogP contribution in [0.3, 0.4) is 0 Å². The number of allylic oxidation sites excluding steroid dienone is 17. The summed E-state index contributed by atoms with van der Waals surface area (Å²) >= 11 is 0. The van der Waals surface area contributed by atoms with E-state index in [1.807, 2.05) is 114 Å². The van der Waals surface area contributed by atoms with Gasteiger partial charge in [0.25, 0.3) is 0 Å². The Hall–Kier alpha value is -3.47. The molecule has 0 aromatic rings. The first-order valence-corrected chi connectivity index (χ1v) is 18.2. The Balaban J connectivity index is 4.65. The first kappa shape index (κ1) is 45.5. The molecule has 0 aliphatic heterocycles. The Labute approximate surface area is 296 Å². The fourth-order valence-electron chi connectivity index (χ4n) is 4.29. The minimum atomic E-state index is -4.59. The molecule has 0 aromatic heterocycles. The van der Waals surface area contributed by atoms with Crippen LogP contribution >= 0.6 is 0 Å². The van der Waals surface area contributed by atoms with Gasteiger partial charge in [0.05, 0.1) is 18.3 Å². The van der Waals surface area contributed by atoms with Crippen molar-refractivity contribution in [2.45, 2.75) is 99.0 Å². The van der Waals surface area contributed by atoms with Gasteiger partial charge in [0, 0.05) is 29.5 Å². The summed E-state index contributed by atoms with van der Waals surface area (Å²) in [5.41, 5.74) is 1.47. The van der Waals surface area contributed by atoms with Gasteiger partial charge in [-0.25, -0.2) is 4.18 Å². The lowest BCUT2D eigenvalue weighted by atomic mass is 9.88. The second kappa shape index (κ2) is 26.4. The number of carbonyl (C=O) groups is 1. The highest BCUT2D eigenvalue weighted by Gasteiger charge is 2.25. The zero-order valence-corrected chi connectivity index (χ0v) is 31.3. The molecule has 9 heteroatoms. The van der Waals surface area contributed by atoms with Crippen LogP contribution in [0.5, 0.6) is 0 Å². The summed E-state index contributed by atoms with van der Waals surface area (Å²) in [6.07, 6.45) is 34.9. The monoisotopic (exact) mass is 697 g/mol. The summed E-state index contributed by atoms with van der Waals surface area (Å²) in [4.78, 5) is 15.6. The molecule has 0 saturated carbocycles. The van der Waals surface area contributed by atoms with Gasteiger partial charge in [-0.1, -0.05) is 136 Å². The summed E-state index contributed by atoms with van der Waals surface area (Å²) in [7, 11) is -4.59. The molecule has 8 nitrogen and oxygen atoms in total. The predicted octanol–water partition coefficient (Wildman–Crippen LogP) is 8.39. The molecule has 0 aliphatic rings. The maximum Gasteiger partial charge on any atom is 0.397 e. The highest BCUT2D eigenvalue weighted by Crippen LogP contribution is 2.19. The van der Waals surface area contributed by atoms with Crippen LogP contribution in [0.2, 0.25) is 0 Å². The Bertz CT molecular complexity index is 1410.